The lowest BCUT2D eigenvalue weighted by atomic mass is 10.2. The number of hydrogen-bond donors (Lipinski definition) is 2. The summed E-state index contributed by atoms with van der Waals surface area (Å²) in [5.74, 6) is 1.15. The summed E-state index contributed by atoms with van der Waals surface area (Å²) in [6.45, 7) is 1.83. The zero-order valence-corrected chi connectivity index (χ0v) is 12.7. The minimum Gasteiger partial charge on any atom is -0.462 e. The minimum absolute atomic E-state index is 0.197. The molecular formula is C15H15N5O4. The van der Waals surface area contributed by atoms with E-state index >= 15 is 0 Å². The van der Waals surface area contributed by atoms with Crippen molar-refractivity contribution in [3.8, 4) is 0 Å². The average Bonchev–Trinajstić information content (AvgIpc) is 3.15. The zero-order valence-electron chi connectivity index (χ0n) is 12.7. The van der Waals surface area contributed by atoms with E-state index in [1.807, 2.05) is 13.0 Å². The van der Waals surface area contributed by atoms with Gasteiger partial charge in [-0.3, -0.25) is 10.1 Å². The molecule has 0 radical (unpaired) electrons. The van der Waals surface area contributed by atoms with Crippen LogP contribution in [0.2, 0.25) is 0 Å². The van der Waals surface area contributed by atoms with Crippen LogP contribution in [0.15, 0.2) is 55.5 Å². The third kappa shape index (κ3) is 4.98. The van der Waals surface area contributed by atoms with Gasteiger partial charge in [0.05, 0.1) is 11.8 Å². The SMILES string of the molecule is Cc1ccc(/C=C/C(/C=C/c2ccc([N+](=O)[O-])o2)=N/N=C(N)N)o1. The van der Waals surface area contributed by atoms with Crippen molar-refractivity contribution in [3.63, 3.8) is 0 Å². The van der Waals surface area contributed by atoms with Crippen LogP contribution >= 0.6 is 0 Å². The molecule has 0 saturated carbocycles. The maximum absolute atomic E-state index is 10.6. The summed E-state index contributed by atoms with van der Waals surface area (Å²) in [5, 5.41) is 18.0. The van der Waals surface area contributed by atoms with E-state index in [1.165, 1.54) is 18.2 Å². The molecule has 24 heavy (non-hydrogen) atoms. The Labute approximate surface area is 136 Å². The highest BCUT2D eigenvalue weighted by atomic mass is 16.6. The molecular weight excluding hydrogens is 314 g/mol. The minimum atomic E-state index is -0.620. The summed E-state index contributed by atoms with van der Waals surface area (Å²) in [6.07, 6.45) is 6.36. The first-order valence-corrected chi connectivity index (χ1v) is 6.77. The van der Waals surface area contributed by atoms with Gasteiger partial charge in [-0.05, 0) is 49.4 Å². The van der Waals surface area contributed by atoms with Crippen LogP contribution in [0, 0.1) is 17.0 Å². The molecule has 0 aromatic carbocycles. The Morgan fingerprint density at radius 3 is 2.21 bits per heavy atom. The van der Waals surface area contributed by atoms with E-state index in [1.54, 1.807) is 24.3 Å². The van der Waals surface area contributed by atoms with Crippen LogP contribution in [-0.2, 0) is 0 Å². The van der Waals surface area contributed by atoms with Crippen LogP contribution in [0.5, 0.6) is 0 Å². The Kier molecular flexibility index (Phi) is 5.29. The van der Waals surface area contributed by atoms with Crippen molar-refractivity contribution >= 4 is 29.7 Å². The number of nitrogens with two attached hydrogens (primary N) is 2. The lowest BCUT2D eigenvalue weighted by molar-refractivity contribution is -0.402. The van der Waals surface area contributed by atoms with Gasteiger partial charge in [-0.1, -0.05) is 0 Å². The van der Waals surface area contributed by atoms with Gasteiger partial charge in [0.15, 0.2) is 0 Å². The van der Waals surface area contributed by atoms with Gasteiger partial charge in [-0.25, -0.2) is 0 Å². The zero-order chi connectivity index (χ0) is 17.5. The van der Waals surface area contributed by atoms with Crippen molar-refractivity contribution < 1.29 is 13.8 Å². The highest BCUT2D eigenvalue weighted by molar-refractivity contribution is 6.08. The summed E-state index contributed by atoms with van der Waals surface area (Å²) in [5.41, 5.74) is 10.9. The molecule has 0 atom stereocenters. The Morgan fingerprint density at radius 1 is 1.08 bits per heavy atom. The van der Waals surface area contributed by atoms with Crippen LogP contribution in [-0.4, -0.2) is 16.6 Å². The Bertz CT molecular complexity index is 838. The molecule has 9 nitrogen and oxygen atoms in total. The van der Waals surface area contributed by atoms with Crippen molar-refractivity contribution in [2.75, 3.05) is 0 Å². The molecule has 124 valence electrons. The number of hydrogen-bond acceptors (Lipinski definition) is 6. The highest BCUT2D eigenvalue weighted by Gasteiger charge is 2.09. The lowest BCUT2D eigenvalue weighted by Crippen LogP contribution is -2.22. The Morgan fingerprint density at radius 2 is 1.71 bits per heavy atom. The smallest absolute Gasteiger partial charge is 0.433 e. The molecule has 0 saturated heterocycles. The van der Waals surface area contributed by atoms with E-state index in [0.29, 0.717) is 17.2 Å². The molecule has 0 aliphatic heterocycles. The van der Waals surface area contributed by atoms with E-state index in [0.717, 1.165) is 5.76 Å². The second kappa shape index (κ2) is 7.58. The maximum Gasteiger partial charge on any atom is 0.433 e. The van der Waals surface area contributed by atoms with Gasteiger partial charge < -0.3 is 20.3 Å². The molecule has 0 fully saturated rings. The van der Waals surface area contributed by atoms with Crippen LogP contribution in [0.25, 0.3) is 12.2 Å². The summed E-state index contributed by atoms with van der Waals surface area (Å²) < 4.78 is 10.4. The number of guanidine groups is 1. The quantitative estimate of drug-likeness (QED) is 0.360. The topological polar surface area (TPSA) is 146 Å². The molecule has 9 heteroatoms. The van der Waals surface area contributed by atoms with Gasteiger partial charge in [0.1, 0.15) is 22.2 Å². The molecule has 2 heterocycles. The van der Waals surface area contributed by atoms with Crippen LogP contribution < -0.4 is 11.5 Å². The molecule has 0 aliphatic rings. The highest BCUT2D eigenvalue weighted by Crippen LogP contribution is 2.16. The first-order valence-electron chi connectivity index (χ1n) is 6.77. The second-order valence-corrected chi connectivity index (χ2v) is 4.60. The first-order chi connectivity index (χ1) is 11.4. The lowest BCUT2D eigenvalue weighted by Gasteiger charge is -1.92. The fourth-order valence-electron chi connectivity index (χ4n) is 1.65. The predicted molar refractivity (Wildman–Crippen MR) is 90.1 cm³/mol. The third-order valence-corrected chi connectivity index (χ3v) is 2.67. The van der Waals surface area contributed by atoms with E-state index in [2.05, 4.69) is 10.2 Å². The Hall–Kier alpha value is -3.62. The fourth-order valence-corrected chi connectivity index (χ4v) is 1.65. The van der Waals surface area contributed by atoms with Gasteiger partial charge in [-0.15, -0.1) is 10.2 Å². The maximum atomic E-state index is 10.6. The number of nitrogens with zero attached hydrogens (tertiary/aromatic N) is 3. The van der Waals surface area contributed by atoms with Crippen molar-refractivity contribution in [3.05, 3.63) is 63.8 Å². The second-order valence-electron chi connectivity index (χ2n) is 4.60. The first kappa shape index (κ1) is 16.7. The van der Waals surface area contributed by atoms with Gasteiger partial charge in [0.2, 0.25) is 5.96 Å². The molecule has 0 aliphatic carbocycles. The standard InChI is InChI=1S/C15H15N5O4/c1-10-2-5-12(23-10)6-3-11(18-19-15(16)17)4-7-13-8-9-14(24-13)20(21)22/h2-9H,1H3,(H4,16,17,19)/b6-3+,7-4+,18-11-. The molecule has 4 N–H and O–H groups in total. The summed E-state index contributed by atoms with van der Waals surface area (Å²) in [6, 6.07) is 6.34. The number of furan rings is 2. The van der Waals surface area contributed by atoms with Crippen LogP contribution in [0.1, 0.15) is 17.3 Å². The van der Waals surface area contributed by atoms with Gasteiger partial charge in [0, 0.05) is 0 Å². The van der Waals surface area contributed by atoms with Crippen molar-refractivity contribution in [1.29, 1.82) is 0 Å². The van der Waals surface area contributed by atoms with Gasteiger partial charge in [0.25, 0.3) is 0 Å². The fraction of sp³-hybridized carbons (Fsp3) is 0.0667. The monoisotopic (exact) mass is 329 g/mol. The molecule has 0 amide bonds. The molecule has 2 aromatic rings. The molecule has 0 unspecified atom stereocenters. The van der Waals surface area contributed by atoms with Crippen molar-refractivity contribution in [2.24, 2.45) is 21.7 Å². The number of aryl methyl sites for hydroxylation is 1. The van der Waals surface area contributed by atoms with E-state index in [4.69, 9.17) is 20.3 Å². The van der Waals surface area contributed by atoms with Crippen molar-refractivity contribution in [2.45, 2.75) is 6.92 Å². The summed E-state index contributed by atoms with van der Waals surface area (Å²) >= 11 is 0. The molecule has 2 rings (SSSR count). The van der Waals surface area contributed by atoms with E-state index in [9.17, 15) is 10.1 Å². The third-order valence-electron chi connectivity index (χ3n) is 2.67. The number of allylic oxidation sites excluding steroid dienone is 2. The molecule has 0 spiro atoms. The molecule has 2 aromatic heterocycles. The molecule has 0 bridgehead atoms. The van der Waals surface area contributed by atoms with Crippen LogP contribution in [0.4, 0.5) is 5.88 Å². The van der Waals surface area contributed by atoms with Gasteiger partial charge >= 0.3 is 5.88 Å². The Balaban J connectivity index is 2.20. The largest absolute Gasteiger partial charge is 0.462 e. The van der Waals surface area contributed by atoms with Crippen molar-refractivity contribution in [1.82, 2.24) is 0 Å². The summed E-state index contributed by atoms with van der Waals surface area (Å²) in [4.78, 5) is 9.97. The van der Waals surface area contributed by atoms with E-state index in [-0.39, 0.29) is 11.8 Å². The average molecular weight is 329 g/mol. The summed E-state index contributed by atoms with van der Waals surface area (Å²) in [7, 11) is 0. The van der Waals surface area contributed by atoms with E-state index < -0.39 is 4.92 Å². The van der Waals surface area contributed by atoms with Crippen LogP contribution in [0.3, 0.4) is 0 Å². The predicted octanol–water partition coefficient (Wildman–Crippen LogP) is 2.45. The normalized spacial score (nSPS) is 12.1. The number of rotatable bonds is 6. The van der Waals surface area contributed by atoms with Gasteiger partial charge in [-0.2, -0.15) is 0 Å². The number of nitro groups is 1.